The molecule has 0 saturated carbocycles. The van der Waals surface area contributed by atoms with E-state index in [9.17, 15) is 0 Å². The quantitative estimate of drug-likeness (QED) is 0.759. The molecule has 2 heterocycles. The zero-order valence-electron chi connectivity index (χ0n) is 10.0. The third-order valence-corrected chi connectivity index (χ3v) is 3.33. The molecule has 2 aliphatic heterocycles. The second kappa shape index (κ2) is 5.28. The van der Waals surface area contributed by atoms with Crippen LogP contribution in [0.4, 0.5) is 0 Å². The summed E-state index contributed by atoms with van der Waals surface area (Å²) >= 11 is 0. The number of hydrogen-bond acceptors (Lipinski definition) is 3. The molecule has 0 radical (unpaired) electrons. The number of nitrogens with zero attached hydrogens (tertiary/aromatic N) is 1. The molecule has 0 bridgehead atoms. The Hall–Kier alpha value is -0.120. The molecule has 2 unspecified atom stereocenters. The molecule has 88 valence electrons. The minimum Gasteiger partial charge on any atom is -0.377 e. The molecule has 1 N–H and O–H groups in total. The van der Waals surface area contributed by atoms with Crippen LogP contribution in [-0.2, 0) is 4.74 Å². The number of nitrogens with one attached hydrogen (secondary N) is 1. The Morgan fingerprint density at radius 3 is 2.93 bits per heavy atom. The maximum absolute atomic E-state index is 5.67. The van der Waals surface area contributed by atoms with Crippen molar-refractivity contribution in [3.63, 3.8) is 0 Å². The first kappa shape index (κ1) is 11.4. The molecule has 2 aliphatic rings. The third-order valence-electron chi connectivity index (χ3n) is 3.33. The van der Waals surface area contributed by atoms with Gasteiger partial charge in [-0.25, -0.2) is 0 Å². The highest BCUT2D eigenvalue weighted by Gasteiger charge is 2.26. The molecule has 2 fully saturated rings. The highest BCUT2D eigenvalue weighted by molar-refractivity contribution is 4.84. The number of ether oxygens (including phenoxy) is 1. The molecule has 3 nitrogen and oxygen atoms in total. The van der Waals surface area contributed by atoms with Crippen LogP contribution in [0, 0.1) is 0 Å². The Labute approximate surface area is 93.2 Å². The van der Waals surface area contributed by atoms with E-state index in [4.69, 9.17) is 4.74 Å². The van der Waals surface area contributed by atoms with E-state index in [0.29, 0.717) is 18.2 Å². The van der Waals surface area contributed by atoms with Crippen LogP contribution >= 0.6 is 0 Å². The first-order chi connectivity index (χ1) is 7.24. The summed E-state index contributed by atoms with van der Waals surface area (Å²) in [6, 6.07) is 1.31. The molecule has 0 aromatic rings. The van der Waals surface area contributed by atoms with Crippen LogP contribution in [0.3, 0.4) is 0 Å². The molecule has 0 aliphatic carbocycles. The molecule has 15 heavy (non-hydrogen) atoms. The highest BCUT2D eigenvalue weighted by atomic mass is 16.5. The van der Waals surface area contributed by atoms with Gasteiger partial charge in [0.25, 0.3) is 0 Å². The Kier molecular flexibility index (Phi) is 4.00. The van der Waals surface area contributed by atoms with E-state index < -0.39 is 0 Å². The van der Waals surface area contributed by atoms with Crippen molar-refractivity contribution >= 4 is 0 Å². The van der Waals surface area contributed by atoms with Gasteiger partial charge in [-0.3, -0.25) is 4.90 Å². The normalized spacial score (nSPS) is 33.0. The lowest BCUT2D eigenvalue weighted by Gasteiger charge is -2.20. The van der Waals surface area contributed by atoms with Crippen molar-refractivity contribution in [2.45, 2.75) is 51.3 Å². The summed E-state index contributed by atoms with van der Waals surface area (Å²) in [6.45, 7) is 9.02. The summed E-state index contributed by atoms with van der Waals surface area (Å²) in [5.41, 5.74) is 0. The fraction of sp³-hybridized carbons (Fsp3) is 1.00. The molecular formula is C12H24N2O. The lowest BCUT2D eigenvalue weighted by atomic mass is 10.2. The van der Waals surface area contributed by atoms with Gasteiger partial charge in [-0.1, -0.05) is 13.8 Å². The summed E-state index contributed by atoms with van der Waals surface area (Å²) < 4.78 is 5.67. The molecule has 3 heteroatoms. The van der Waals surface area contributed by atoms with Crippen LogP contribution in [0.2, 0.25) is 0 Å². The van der Waals surface area contributed by atoms with Crippen molar-refractivity contribution in [3.05, 3.63) is 0 Å². The molecule has 2 rings (SSSR count). The lowest BCUT2D eigenvalue weighted by Crippen LogP contribution is -2.38. The van der Waals surface area contributed by atoms with E-state index in [0.717, 1.165) is 13.2 Å². The molecule has 0 aromatic heterocycles. The highest BCUT2D eigenvalue weighted by Crippen LogP contribution is 2.17. The van der Waals surface area contributed by atoms with E-state index in [1.807, 2.05) is 0 Å². The monoisotopic (exact) mass is 212 g/mol. The van der Waals surface area contributed by atoms with Gasteiger partial charge in [0.05, 0.1) is 6.10 Å². The van der Waals surface area contributed by atoms with Gasteiger partial charge in [0.1, 0.15) is 0 Å². The fourth-order valence-electron chi connectivity index (χ4n) is 2.68. The molecule has 2 atom stereocenters. The predicted molar refractivity (Wildman–Crippen MR) is 62.1 cm³/mol. The van der Waals surface area contributed by atoms with Gasteiger partial charge in [-0.05, 0) is 25.8 Å². The smallest absolute Gasteiger partial charge is 0.0702 e. The Bertz CT molecular complexity index is 190. The average molecular weight is 212 g/mol. The summed E-state index contributed by atoms with van der Waals surface area (Å²) in [7, 11) is 0. The van der Waals surface area contributed by atoms with E-state index in [2.05, 4.69) is 24.1 Å². The van der Waals surface area contributed by atoms with Crippen LogP contribution in [0.25, 0.3) is 0 Å². The second-order valence-electron chi connectivity index (χ2n) is 5.20. The topological polar surface area (TPSA) is 24.5 Å². The van der Waals surface area contributed by atoms with Crippen LogP contribution < -0.4 is 5.32 Å². The molecule has 2 saturated heterocycles. The molecule has 0 aromatic carbocycles. The summed E-state index contributed by atoms with van der Waals surface area (Å²) in [5, 5.41) is 3.61. The molecule has 0 spiro atoms. The number of rotatable bonds is 4. The average Bonchev–Trinajstić information content (AvgIpc) is 2.77. The minimum atomic E-state index is 0.516. The predicted octanol–water partition coefficient (Wildman–Crippen LogP) is 1.24. The summed E-state index contributed by atoms with van der Waals surface area (Å²) in [6.07, 6.45) is 4.33. The lowest BCUT2D eigenvalue weighted by molar-refractivity contribution is 0.0800. The first-order valence-electron chi connectivity index (χ1n) is 6.34. The zero-order valence-corrected chi connectivity index (χ0v) is 10.0. The van der Waals surface area contributed by atoms with Crippen LogP contribution in [-0.4, -0.2) is 49.3 Å². The van der Waals surface area contributed by atoms with Crippen molar-refractivity contribution in [2.75, 3.05) is 26.2 Å². The SMILES string of the molecule is CC(C)NC1CCN(CC2CCCO2)C1. The maximum Gasteiger partial charge on any atom is 0.0702 e. The first-order valence-corrected chi connectivity index (χ1v) is 6.34. The van der Waals surface area contributed by atoms with E-state index in [1.54, 1.807) is 0 Å². The molecule has 0 amide bonds. The van der Waals surface area contributed by atoms with Gasteiger partial charge >= 0.3 is 0 Å². The number of hydrogen-bond donors (Lipinski definition) is 1. The van der Waals surface area contributed by atoms with Gasteiger partial charge < -0.3 is 10.1 Å². The van der Waals surface area contributed by atoms with Crippen molar-refractivity contribution in [2.24, 2.45) is 0 Å². The van der Waals surface area contributed by atoms with Crippen molar-refractivity contribution in [3.8, 4) is 0 Å². The zero-order chi connectivity index (χ0) is 10.7. The third kappa shape index (κ3) is 3.44. The fourth-order valence-corrected chi connectivity index (χ4v) is 2.68. The van der Waals surface area contributed by atoms with Crippen molar-refractivity contribution in [1.82, 2.24) is 10.2 Å². The van der Waals surface area contributed by atoms with E-state index in [-0.39, 0.29) is 0 Å². The van der Waals surface area contributed by atoms with Gasteiger partial charge in [-0.15, -0.1) is 0 Å². The molecular weight excluding hydrogens is 188 g/mol. The van der Waals surface area contributed by atoms with Crippen LogP contribution in [0.5, 0.6) is 0 Å². The van der Waals surface area contributed by atoms with Crippen LogP contribution in [0.15, 0.2) is 0 Å². The Morgan fingerprint density at radius 2 is 2.27 bits per heavy atom. The van der Waals surface area contributed by atoms with Crippen LogP contribution in [0.1, 0.15) is 33.1 Å². The maximum atomic E-state index is 5.67. The van der Waals surface area contributed by atoms with Gasteiger partial charge in [0, 0.05) is 31.8 Å². The number of likely N-dealkylation sites (tertiary alicyclic amines) is 1. The van der Waals surface area contributed by atoms with Gasteiger partial charge in [0.15, 0.2) is 0 Å². The summed E-state index contributed by atoms with van der Waals surface area (Å²) in [5.74, 6) is 0. The van der Waals surface area contributed by atoms with E-state index in [1.165, 1.54) is 32.4 Å². The van der Waals surface area contributed by atoms with Gasteiger partial charge in [-0.2, -0.15) is 0 Å². The van der Waals surface area contributed by atoms with Crippen molar-refractivity contribution < 1.29 is 4.74 Å². The second-order valence-corrected chi connectivity index (χ2v) is 5.20. The Balaban J connectivity index is 1.67. The Morgan fingerprint density at radius 1 is 1.40 bits per heavy atom. The van der Waals surface area contributed by atoms with E-state index >= 15 is 0 Å². The largest absolute Gasteiger partial charge is 0.377 e. The summed E-state index contributed by atoms with van der Waals surface area (Å²) in [4.78, 5) is 2.55. The van der Waals surface area contributed by atoms with Crippen molar-refractivity contribution in [1.29, 1.82) is 0 Å². The van der Waals surface area contributed by atoms with Gasteiger partial charge in [0.2, 0.25) is 0 Å². The standard InChI is InChI=1S/C12H24N2O/c1-10(2)13-11-5-6-14(8-11)9-12-4-3-7-15-12/h10-13H,3-9H2,1-2H3. The minimum absolute atomic E-state index is 0.516.